The van der Waals surface area contributed by atoms with Gasteiger partial charge in [-0.15, -0.1) is 0 Å². The zero-order chi connectivity index (χ0) is 12.3. The van der Waals surface area contributed by atoms with Gasteiger partial charge in [0.2, 0.25) is 0 Å². The first-order chi connectivity index (χ1) is 8.20. The van der Waals surface area contributed by atoms with E-state index in [1.807, 2.05) is 24.0 Å². The standard InChI is InChI=1S/C12H19N3O2/c1-14-8-5-13-11(14)4-7-15-6-3-10(9-15)12(16)17-2/h5,8,10H,3-4,6-7,9H2,1-2H3. The van der Waals surface area contributed by atoms with Crippen LogP contribution < -0.4 is 0 Å². The summed E-state index contributed by atoms with van der Waals surface area (Å²) in [6, 6.07) is 0. The van der Waals surface area contributed by atoms with Gasteiger partial charge in [-0.3, -0.25) is 4.79 Å². The molecule has 1 saturated heterocycles. The topological polar surface area (TPSA) is 47.4 Å². The molecule has 1 aliphatic rings. The van der Waals surface area contributed by atoms with E-state index in [-0.39, 0.29) is 11.9 Å². The van der Waals surface area contributed by atoms with E-state index in [2.05, 4.69) is 9.88 Å². The van der Waals surface area contributed by atoms with E-state index in [4.69, 9.17) is 4.74 Å². The van der Waals surface area contributed by atoms with Crippen LogP contribution in [0.15, 0.2) is 12.4 Å². The van der Waals surface area contributed by atoms with Gasteiger partial charge < -0.3 is 14.2 Å². The zero-order valence-corrected chi connectivity index (χ0v) is 10.4. The lowest BCUT2D eigenvalue weighted by molar-refractivity contribution is -0.144. The highest BCUT2D eigenvalue weighted by atomic mass is 16.5. The zero-order valence-electron chi connectivity index (χ0n) is 10.4. The van der Waals surface area contributed by atoms with Gasteiger partial charge in [-0.1, -0.05) is 0 Å². The fraction of sp³-hybridized carbons (Fsp3) is 0.667. The first-order valence-electron chi connectivity index (χ1n) is 5.97. The summed E-state index contributed by atoms with van der Waals surface area (Å²) in [5.74, 6) is 1.07. The number of aryl methyl sites for hydroxylation is 1. The van der Waals surface area contributed by atoms with E-state index in [9.17, 15) is 4.79 Å². The molecule has 1 aromatic rings. The molecule has 0 spiro atoms. The number of imidazole rings is 1. The predicted molar refractivity (Wildman–Crippen MR) is 63.5 cm³/mol. The van der Waals surface area contributed by atoms with Crippen LogP contribution in [0.4, 0.5) is 0 Å². The number of rotatable bonds is 4. The lowest BCUT2D eigenvalue weighted by atomic mass is 10.1. The number of carbonyl (C=O) groups is 1. The van der Waals surface area contributed by atoms with Crippen molar-refractivity contribution in [2.45, 2.75) is 12.8 Å². The fourth-order valence-electron chi connectivity index (χ4n) is 2.29. The Bertz CT molecular complexity index is 389. The third-order valence-electron chi connectivity index (χ3n) is 3.38. The van der Waals surface area contributed by atoms with Crippen LogP contribution in [0.5, 0.6) is 0 Å². The Hall–Kier alpha value is -1.36. The normalized spacial score (nSPS) is 20.7. The van der Waals surface area contributed by atoms with Gasteiger partial charge in [-0.25, -0.2) is 4.98 Å². The summed E-state index contributed by atoms with van der Waals surface area (Å²) in [5, 5.41) is 0. The summed E-state index contributed by atoms with van der Waals surface area (Å²) in [6.45, 7) is 2.75. The molecule has 2 heterocycles. The molecule has 1 fully saturated rings. The van der Waals surface area contributed by atoms with Crippen molar-refractivity contribution in [3.8, 4) is 0 Å². The van der Waals surface area contributed by atoms with E-state index in [1.54, 1.807) is 0 Å². The molecule has 5 heteroatoms. The van der Waals surface area contributed by atoms with E-state index in [0.717, 1.165) is 38.3 Å². The number of ether oxygens (including phenoxy) is 1. The average molecular weight is 237 g/mol. The molecular weight excluding hydrogens is 218 g/mol. The van der Waals surface area contributed by atoms with Crippen molar-refractivity contribution in [3.63, 3.8) is 0 Å². The second kappa shape index (κ2) is 5.31. The van der Waals surface area contributed by atoms with Crippen LogP contribution in [0.3, 0.4) is 0 Å². The molecule has 0 saturated carbocycles. The summed E-state index contributed by atoms with van der Waals surface area (Å²) in [7, 11) is 3.46. The predicted octanol–water partition coefficient (Wildman–Crippen LogP) is 0.457. The molecule has 1 aromatic heterocycles. The highest BCUT2D eigenvalue weighted by Crippen LogP contribution is 2.17. The van der Waals surface area contributed by atoms with E-state index < -0.39 is 0 Å². The van der Waals surface area contributed by atoms with Gasteiger partial charge in [-0.05, 0) is 13.0 Å². The van der Waals surface area contributed by atoms with Gasteiger partial charge in [0, 0.05) is 39.0 Å². The molecule has 1 atom stereocenters. The number of hydrogen-bond acceptors (Lipinski definition) is 4. The first-order valence-corrected chi connectivity index (χ1v) is 5.97. The molecule has 0 bridgehead atoms. The Morgan fingerprint density at radius 2 is 2.47 bits per heavy atom. The molecule has 5 nitrogen and oxygen atoms in total. The molecule has 1 unspecified atom stereocenters. The molecule has 0 aromatic carbocycles. The molecule has 1 aliphatic heterocycles. The SMILES string of the molecule is COC(=O)C1CCN(CCc2nccn2C)C1. The van der Waals surface area contributed by atoms with Crippen LogP contribution in [0, 0.1) is 5.92 Å². The quantitative estimate of drug-likeness (QED) is 0.714. The van der Waals surface area contributed by atoms with Crippen LogP contribution >= 0.6 is 0 Å². The van der Waals surface area contributed by atoms with Gasteiger partial charge in [0.1, 0.15) is 5.82 Å². The van der Waals surface area contributed by atoms with Crippen molar-refractivity contribution in [2.75, 3.05) is 26.7 Å². The number of nitrogens with zero attached hydrogens (tertiary/aromatic N) is 3. The second-order valence-electron chi connectivity index (χ2n) is 4.51. The van der Waals surface area contributed by atoms with Gasteiger partial charge in [-0.2, -0.15) is 0 Å². The van der Waals surface area contributed by atoms with Crippen LogP contribution in [0.2, 0.25) is 0 Å². The first kappa shape index (κ1) is 12.1. The Balaban J connectivity index is 1.79. The van der Waals surface area contributed by atoms with Crippen molar-refractivity contribution >= 4 is 5.97 Å². The molecule has 0 radical (unpaired) electrons. The van der Waals surface area contributed by atoms with Crippen molar-refractivity contribution in [2.24, 2.45) is 13.0 Å². The highest BCUT2D eigenvalue weighted by molar-refractivity contribution is 5.72. The molecular formula is C12H19N3O2. The van der Waals surface area contributed by atoms with Gasteiger partial charge in [0.25, 0.3) is 0 Å². The van der Waals surface area contributed by atoms with Crippen LogP contribution in [0.1, 0.15) is 12.2 Å². The molecule has 0 amide bonds. The minimum absolute atomic E-state index is 0.0568. The van der Waals surface area contributed by atoms with Crippen LogP contribution in [0.25, 0.3) is 0 Å². The lowest BCUT2D eigenvalue weighted by Gasteiger charge is -2.14. The largest absolute Gasteiger partial charge is 0.469 e. The summed E-state index contributed by atoms with van der Waals surface area (Å²) < 4.78 is 6.81. The van der Waals surface area contributed by atoms with Gasteiger partial charge >= 0.3 is 5.97 Å². The molecule has 17 heavy (non-hydrogen) atoms. The number of hydrogen-bond donors (Lipinski definition) is 0. The minimum atomic E-state index is -0.0792. The molecule has 2 rings (SSSR count). The van der Waals surface area contributed by atoms with Crippen molar-refractivity contribution in [1.82, 2.24) is 14.5 Å². The Morgan fingerprint density at radius 1 is 1.65 bits per heavy atom. The average Bonchev–Trinajstić information content (AvgIpc) is 2.94. The number of methoxy groups -OCH3 is 1. The maximum atomic E-state index is 11.4. The summed E-state index contributed by atoms with van der Waals surface area (Å²) >= 11 is 0. The van der Waals surface area contributed by atoms with E-state index in [0.29, 0.717) is 0 Å². The maximum Gasteiger partial charge on any atom is 0.310 e. The summed E-state index contributed by atoms with van der Waals surface area (Å²) in [6.07, 6.45) is 5.61. The van der Waals surface area contributed by atoms with E-state index in [1.165, 1.54) is 7.11 Å². The van der Waals surface area contributed by atoms with Crippen molar-refractivity contribution in [1.29, 1.82) is 0 Å². The van der Waals surface area contributed by atoms with Gasteiger partial charge in [0.05, 0.1) is 13.0 Å². The van der Waals surface area contributed by atoms with Crippen LogP contribution in [-0.4, -0.2) is 47.2 Å². The summed E-state index contributed by atoms with van der Waals surface area (Å²) in [5.41, 5.74) is 0. The van der Waals surface area contributed by atoms with Crippen molar-refractivity contribution < 1.29 is 9.53 Å². The maximum absolute atomic E-state index is 11.4. The highest BCUT2D eigenvalue weighted by Gasteiger charge is 2.28. The molecule has 0 N–H and O–H groups in total. The third-order valence-corrected chi connectivity index (χ3v) is 3.38. The smallest absolute Gasteiger partial charge is 0.310 e. The second-order valence-corrected chi connectivity index (χ2v) is 4.51. The van der Waals surface area contributed by atoms with Gasteiger partial charge in [0.15, 0.2) is 0 Å². The van der Waals surface area contributed by atoms with Crippen LogP contribution in [-0.2, 0) is 23.0 Å². The fourth-order valence-corrected chi connectivity index (χ4v) is 2.29. The third kappa shape index (κ3) is 2.85. The number of esters is 1. The Kier molecular flexibility index (Phi) is 3.78. The molecule has 0 aliphatic carbocycles. The minimum Gasteiger partial charge on any atom is -0.469 e. The number of likely N-dealkylation sites (tertiary alicyclic amines) is 1. The Labute approximate surface area is 101 Å². The number of aromatic nitrogens is 2. The monoisotopic (exact) mass is 237 g/mol. The van der Waals surface area contributed by atoms with Crippen molar-refractivity contribution in [3.05, 3.63) is 18.2 Å². The summed E-state index contributed by atoms with van der Waals surface area (Å²) in [4.78, 5) is 18.0. The molecule has 94 valence electrons. The van der Waals surface area contributed by atoms with E-state index >= 15 is 0 Å². The Morgan fingerprint density at radius 3 is 3.12 bits per heavy atom. The number of carbonyl (C=O) groups excluding carboxylic acids is 1. The lowest BCUT2D eigenvalue weighted by Crippen LogP contribution is -2.26.